The monoisotopic (exact) mass is 293 g/mol. The van der Waals surface area contributed by atoms with Crippen molar-refractivity contribution in [1.82, 2.24) is 4.98 Å². The number of nitrogens with two attached hydrogens (primary N) is 1. The van der Waals surface area contributed by atoms with Crippen molar-refractivity contribution in [3.8, 4) is 0 Å². The van der Waals surface area contributed by atoms with E-state index in [0.29, 0.717) is 18.3 Å². The Morgan fingerprint density at radius 1 is 1.67 bits per heavy atom. The van der Waals surface area contributed by atoms with Gasteiger partial charge in [0, 0.05) is 30.9 Å². The molecule has 1 aliphatic rings. The third-order valence-corrected chi connectivity index (χ3v) is 3.42. The zero-order valence-electron chi connectivity index (χ0n) is 11.9. The van der Waals surface area contributed by atoms with E-state index in [-0.39, 0.29) is 17.1 Å². The van der Waals surface area contributed by atoms with E-state index in [0.717, 1.165) is 25.8 Å². The quantitative estimate of drug-likeness (QED) is 0.260. The molecule has 0 radical (unpaired) electrons. The van der Waals surface area contributed by atoms with Gasteiger partial charge in [-0.2, -0.15) is 0 Å². The number of oxime groups is 1. The molecule has 0 unspecified atom stereocenters. The van der Waals surface area contributed by atoms with Gasteiger partial charge in [-0.05, 0) is 25.2 Å². The van der Waals surface area contributed by atoms with Crippen molar-refractivity contribution in [3.63, 3.8) is 0 Å². The second kappa shape index (κ2) is 6.38. The number of nitrogens with zero attached hydrogens (tertiary/aromatic N) is 4. The maximum absolute atomic E-state index is 11.3. The lowest BCUT2D eigenvalue weighted by atomic mass is 10.2. The molecule has 0 aromatic carbocycles. The maximum Gasteiger partial charge on any atom is 0.312 e. The summed E-state index contributed by atoms with van der Waals surface area (Å²) >= 11 is 0. The second-order valence-corrected chi connectivity index (χ2v) is 5.20. The predicted octanol–water partition coefficient (Wildman–Crippen LogP) is 1.71. The number of rotatable bonds is 7. The zero-order chi connectivity index (χ0) is 15.4. The lowest BCUT2D eigenvalue weighted by molar-refractivity contribution is -0.384. The van der Waals surface area contributed by atoms with Crippen molar-refractivity contribution in [3.05, 3.63) is 27.9 Å². The van der Waals surface area contributed by atoms with Gasteiger partial charge in [-0.15, -0.1) is 0 Å². The van der Waals surface area contributed by atoms with Crippen LogP contribution in [-0.2, 0) is 0 Å². The van der Waals surface area contributed by atoms with Gasteiger partial charge in [0.2, 0.25) is 5.82 Å². The predicted molar refractivity (Wildman–Crippen MR) is 78.6 cm³/mol. The number of amidine groups is 1. The first kappa shape index (κ1) is 15.0. The average Bonchev–Trinajstić information content (AvgIpc) is 3.29. The minimum absolute atomic E-state index is 0.117. The molecule has 114 valence electrons. The van der Waals surface area contributed by atoms with E-state index in [4.69, 9.17) is 10.9 Å². The van der Waals surface area contributed by atoms with Crippen molar-refractivity contribution in [1.29, 1.82) is 0 Å². The van der Waals surface area contributed by atoms with E-state index in [2.05, 4.69) is 10.1 Å². The molecule has 1 aliphatic carbocycles. The van der Waals surface area contributed by atoms with Gasteiger partial charge in [0.15, 0.2) is 5.84 Å². The lowest BCUT2D eigenvalue weighted by Gasteiger charge is -2.22. The molecule has 1 aromatic rings. The summed E-state index contributed by atoms with van der Waals surface area (Å²) in [5, 5.41) is 22.8. The molecule has 0 aliphatic heterocycles. The molecule has 1 heterocycles. The number of nitro groups is 1. The molecule has 1 saturated carbocycles. The smallest absolute Gasteiger partial charge is 0.312 e. The first-order valence-electron chi connectivity index (χ1n) is 6.94. The lowest BCUT2D eigenvalue weighted by Crippen LogP contribution is -2.28. The van der Waals surface area contributed by atoms with Gasteiger partial charge >= 0.3 is 5.69 Å². The fourth-order valence-corrected chi connectivity index (χ4v) is 2.19. The van der Waals surface area contributed by atoms with E-state index in [1.54, 1.807) is 0 Å². The van der Waals surface area contributed by atoms with E-state index in [1.165, 1.54) is 12.3 Å². The maximum atomic E-state index is 11.3. The van der Waals surface area contributed by atoms with Crippen LogP contribution < -0.4 is 10.6 Å². The van der Waals surface area contributed by atoms with Gasteiger partial charge < -0.3 is 15.8 Å². The van der Waals surface area contributed by atoms with Crippen LogP contribution in [0.5, 0.6) is 0 Å². The van der Waals surface area contributed by atoms with Crippen molar-refractivity contribution < 1.29 is 10.1 Å². The summed E-state index contributed by atoms with van der Waals surface area (Å²) in [4.78, 5) is 16.9. The van der Waals surface area contributed by atoms with Crippen molar-refractivity contribution in [2.24, 2.45) is 16.8 Å². The number of pyridine rings is 1. The van der Waals surface area contributed by atoms with Gasteiger partial charge in [-0.1, -0.05) is 12.1 Å². The molecule has 1 aromatic heterocycles. The molecule has 8 nitrogen and oxygen atoms in total. The van der Waals surface area contributed by atoms with Crippen LogP contribution in [0, 0.1) is 16.0 Å². The molecule has 2 rings (SSSR count). The van der Waals surface area contributed by atoms with Crippen LogP contribution in [0.1, 0.15) is 31.7 Å². The number of hydrogen-bond donors (Lipinski definition) is 2. The van der Waals surface area contributed by atoms with Crippen LogP contribution in [-0.4, -0.2) is 34.0 Å². The Morgan fingerprint density at radius 3 is 2.90 bits per heavy atom. The first-order chi connectivity index (χ1) is 10.1. The molecular formula is C13H19N5O3. The Kier molecular flexibility index (Phi) is 4.56. The van der Waals surface area contributed by atoms with E-state index in [9.17, 15) is 10.1 Å². The van der Waals surface area contributed by atoms with Crippen molar-refractivity contribution >= 4 is 17.3 Å². The number of aromatic nitrogens is 1. The molecule has 21 heavy (non-hydrogen) atoms. The molecule has 1 fully saturated rings. The summed E-state index contributed by atoms with van der Waals surface area (Å²) in [7, 11) is 0. The standard InChI is InChI=1S/C13H19N5O3/c1-2-5-17(8-9-3-4-9)13-11(18(20)21)6-10(7-15-13)12(14)16-19/h6-7,9,19H,2-5,8H2,1H3,(H2,14,16). The Bertz CT molecular complexity index is 557. The normalized spacial score (nSPS) is 15.0. The highest BCUT2D eigenvalue weighted by molar-refractivity contribution is 5.97. The highest BCUT2D eigenvalue weighted by Crippen LogP contribution is 2.34. The topological polar surface area (TPSA) is 118 Å². The molecular weight excluding hydrogens is 274 g/mol. The van der Waals surface area contributed by atoms with E-state index >= 15 is 0 Å². The Balaban J connectivity index is 2.37. The summed E-state index contributed by atoms with van der Waals surface area (Å²) in [5.74, 6) is 0.756. The molecule has 0 spiro atoms. The van der Waals surface area contributed by atoms with Crippen LogP contribution in [0.2, 0.25) is 0 Å². The van der Waals surface area contributed by atoms with E-state index in [1.807, 2.05) is 11.8 Å². The van der Waals surface area contributed by atoms with Crippen LogP contribution in [0.15, 0.2) is 17.4 Å². The molecule has 0 amide bonds. The fourth-order valence-electron chi connectivity index (χ4n) is 2.19. The van der Waals surface area contributed by atoms with Crippen LogP contribution in [0.3, 0.4) is 0 Å². The van der Waals surface area contributed by atoms with Crippen LogP contribution >= 0.6 is 0 Å². The molecule has 0 saturated heterocycles. The van der Waals surface area contributed by atoms with Crippen molar-refractivity contribution in [2.45, 2.75) is 26.2 Å². The number of hydrogen-bond acceptors (Lipinski definition) is 6. The Hall–Kier alpha value is -2.38. The Morgan fingerprint density at radius 2 is 2.38 bits per heavy atom. The highest BCUT2D eigenvalue weighted by atomic mass is 16.6. The zero-order valence-corrected chi connectivity index (χ0v) is 11.9. The van der Waals surface area contributed by atoms with E-state index < -0.39 is 4.92 Å². The Labute approximate surface area is 122 Å². The summed E-state index contributed by atoms with van der Waals surface area (Å²) in [5.41, 5.74) is 5.58. The van der Waals surface area contributed by atoms with Gasteiger partial charge in [0.25, 0.3) is 0 Å². The van der Waals surface area contributed by atoms with Crippen molar-refractivity contribution in [2.75, 3.05) is 18.0 Å². The van der Waals surface area contributed by atoms with Gasteiger partial charge in [-0.25, -0.2) is 4.98 Å². The fraction of sp³-hybridized carbons (Fsp3) is 0.538. The molecule has 3 N–H and O–H groups in total. The third-order valence-electron chi connectivity index (χ3n) is 3.42. The summed E-state index contributed by atoms with van der Waals surface area (Å²) in [6, 6.07) is 1.30. The van der Waals surface area contributed by atoms with Gasteiger partial charge in [0.1, 0.15) is 0 Å². The second-order valence-electron chi connectivity index (χ2n) is 5.20. The third kappa shape index (κ3) is 3.59. The minimum atomic E-state index is -0.480. The van der Waals surface area contributed by atoms with Gasteiger partial charge in [0.05, 0.1) is 4.92 Å². The van der Waals surface area contributed by atoms with Gasteiger partial charge in [-0.3, -0.25) is 10.1 Å². The molecule has 8 heteroatoms. The largest absolute Gasteiger partial charge is 0.409 e. The number of anilines is 1. The van der Waals surface area contributed by atoms with Crippen LogP contribution in [0.4, 0.5) is 11.5 Å². The minimum Gasteiger partial charge on any atom is -0.409 e. The molecule has 0 atom stereocenters. The summed E-state index contributed by atoms with van der Waals surface area (Å²) < 4.78 is 0. The summed E-state index contributed by atoms with van der Waals surface area (Å²) in [6.07, 6.45) is 4.60. The average molecular weight is 293 g/mol. The summed E-state index contributed by atoms with van der Waals surface area (Å²) in [6.45, 7) is 3.52. The first-order valence-corrected chi connectivity index (χ1v) is 6.94. The highest BCUT2D eigenvalue weighted by Gasteiger charge is 2.28. The molecule has 0 bridgehead atoms. The van der Waals surface area contributed by atoms with Crippen LogP contribution in [0.25, 0.3) is 0 Å². The SMILES string of the molecule is CCCN(CC1CC1)c1ncc(C(N)=NO)cc1[N+](=O)[O-].